The van der Waals surface area contributed by atoms with Crippen molar-refractivity contribution in [3.8, 4) is 0 Å². The first-order valence-corrected chi connectivity index (χ1v) is 14.1. The molecular weight excluding hydrogens is 455 g/mol. The Bertz CT molecular complexity index is 1030. The third kappa shape index (κ3) is 5.50. The minimum absolute atomic E-state index is 0.0115. The molecule has 2 heterocycles. The van der Waals surface area contributed by atoms with E-state index in [0.29, 0.717) is 12.1 Å². The van der Waals surface area contributed by atoms with Gasteiger partial charge in [0.2, 0.25) is 5.43 Å². The number of ether oxygens (including phenoxy) is 1. The van der Waals surface area contributed by atoms with Crippen molar-refractivity contribution in [1.82, 2.24) is 9.55 Å². The maximum atomic E-state index is 13.0. The summed E-state index contributed by atoms with van der Waals surface area (Å²) in [5.74, 6) is -0.552. The van der Waals surface area contributed by atoms with E-state index in [1.54, 1.807) is 13.0 Å². The first-order chi connectivity index (χ1) is 14.2. The summed E-state index contributed by atoms with van der Waals surface area (Å²) < 4.78 is 13.5. The lowest BCUT2D eigenvalue weighted by Crippen LogP contribution is -2.42. The molecule has 6 nitrogen and oxygen atoms in total. The number of rotatable bonds is 7. The molecule has 0 aromatic carbocycles. The van der Waals surface area contributed by atoms with E-state index in [9.17, 15) is 9.59 Å². The number of carbonyl (C=O) groups excluding carboxylic acids is 1. The zero-order valence-corrected chi connectivity index (χ0v) is 22.0. The summed E-state index contributed by atoms with van der Waals surface area (Å²) in [5.41, 5.74) is -0.0304. The highest BCUT2D eigenvalue weighted by atomic mass is 35.5. The van der Waals surface area contributed by atoms with Crippen LogP contribution in [0.25, 0.3) is 11.0 Å². The lowest BCUT2D eigenvalue weighted by Gasteiger charge is -2.38. The molecule has 0 aliphatic heterocycles. The molecule has 9 heteroatoms. The second kappa shape index (κ2) is 9.61. The van der Waals surface area contributed by atoms with Crippen LogP contribution in [0, 0.1) is 5.92 Å². The molecule has 2 aromatic heterocycles. The topological polar surface area (TPSA) is 70.4 Å². The van der Waals surface area contributed by atoms with E-state index >= 15 is 0 Å². The van der Waals surface area contributed by atoms with Gasteiger partial charge in [-0.25, -0.2) is 9.78 Å². The van der Waals surface area contributed by atoms with Crippen molar-refractivity contribution in [2.45, 2.75) is 65.7 Å². The molecule has 0 N–H and O–H groups in total. The highest BCUT2D eigenvalue weighted by Gasteiger charge is 2.38. The zero-order valence-electron chi connectivity index (χ0n) is 19.5. The predicted molar refractivity (Wildman–Crippen MR) is 129 cm³/mol. The Balaban J connectivity index is 2.71. The summed E-state index contributed by atoms with van der Waals surface area (Å²) in [6, 6.07) is 1.45. The van der Waals surface area contributed by atoms with Crippen LogP contribution in [-0.4, -0.2) is 37.1 Å². The van der Waals surface area contributed by atoms with Gasteiger partial charge in [-0.3, -0.25) is 4.79 Å². The smallest absolute Gasteiger partial charge is 0.343 e. The molecule has 31 heavy (non-hydrogen) atoms. The average Bonchev–Trinajstić information content (AvgIpc) is 2.64. The lowest BCUT2D eigenvalue weighted by molar-refractivity contribution is 0.0523. The van der Waals surface area contributed by atoms with Crippen LogP contribution >= 0.6 is 23.2 Å². The fourth-order valence-corrected chi connectivity index (χ4v) is 4.25. The van der Waals surface area contributed by atoms with Crippen LogP contribution in [0.2, 0.25) is 28.3 Å². The van der Waals surface area contributed by atoms with Crippen molar-refractivity contribution >= 4 is 48.5 Å². The normalized spacial score (nSPS) is 13.6. The van der Waals surface area contributed by atoms with Crippen LogP contribution in [0.1, 0.15) is 57.9 Å². The third-order valence-corrected chi connectivity index (χ3v) is 11.1. The lowest BCUT2D eigenvalue weighted by atomic mass is 10.0. The van der Waals surface area contributed by atoms with E-state index in [0.717, 1.165) is 0 Å². The molecule has 0 saturated carbocycles. The number of fused-ring (bicyclic) bond motifs is 1. The van der Waals surface area contributed by atoms with Crippen LogP contribution in [0.15, 0.2) is 17.1 Å². The fraction of sp³-hybridized carbons (Fsp3) is 0.591. The van der Waals surface area contributed by atoms with Gasteiger partial charge in [0.25, 0.3) is 0 Å². The molecule has 172 valence electrons. The SMILES string of the molecule is CCOC(=O)c1cn([C@H](CO[Si](C)(C)C(C)(C)C)C(C)C)c2cc(Cl)c(Cl)nc2c1=O. The molecule has 0 aliphatic carbocycles. The van der Waals surface area contributed by atoms with Crippen LogP contribution < -0.4 is 5.43 Å². The van der Waals surface area contributed by atoms with Gasteiger partial charge in [0.05, 0.1) is 29.8 Å². The summed E-state index contributed by atoms with van der Waals surface area (Å²) in [4.78, 5) is 29.7. The highest BCUT2D eigenvalue weighted by Crippen LogP contribution is 2.38. The summed E-state index contributed by atoms with van der Waals surface area (Å²) in [5, 5.41) is 0.297. The highest BCUT2D eigenvalue weighted by molar-refractivity contribution is 6.74. The molecule has 0 fully saturated rings. The molecule has 0 saturated heterocycles. The molecule has 0 spiro atoms. The van der Waals surface area contributed by atoms with Crippen molar-refractivity contribution in [2.75, 3.05) is 13.2 Å². The standard InChI is InChI=1S/C22H32Cl2N2O4Si/c1-9-29-21(28)14-11-26(16-10-15(23)20(24)25-18(16)19(14)27)17(13(2)3)12-30-31(7,8)22(4,5)6/h10-11,13,17H,9,12H2,1-8H3/t17-/m1/s1. The van der Waals surface area contributed by atoms with E-state index in [2.05, 4.69) is 52.7 Å². The first-order valence-electron chi connectivity index (χ1n) is 10.4. The summed E-state index contributed by atoms with van der Waals surface area (Å²) >= 11 is 12.3. The molecular formula is C22H32Cl2N2O4Si. The molecule has 1 atom stereocenters. The number of esters is 1. The number of carbonyl (C=O) groups is 1. The van der Waals surface area contributed by atoms with Gasteiger partial charge in [-0.05, 0) is 37.0 Å². The van der Waals surface area contributed by atoms with Gasteiger partial charge in [-0.2, -0.15) is 0 Å². The Hall–Kier alpha value is -1.41. The van der Waals surface area contributed by atoms with Gasteiger partial charge in [0.1, 0.15) is 16.2 Å². The monoisotopic (exact) mass is 486 g/mol. The Morgan fingerprint density at radius 1 is 1.26 bits per heavy atom. The molecule has 0 aliphatic rings. The van der Waals surface area contributed by atoms with Crippen LogP contribution in [-0.2, 0) is 9.16 Å². The van der Waals surface area contributed by atoms with Crippen molar-refractivity contribution in [3.05, 3.63) is 38.2 Å². The quantitative estimate of drug-likeness (QED) is 0.268. The predicted octanol–water partition coefficient (Wildman–Crippen LogP) is 6.10. The van der Waals surface area contributed by atoms with E-state index in [4.69, 9.17) is 32.4 Å². The summed E-state index contributed by atoms with van der Waals surface area (Å²) in [7, 11) is -2.02. The Morgan fingerprint density at radius 3 is 2.39 bits per heavy atom. The van der Waals surface area contributed by atoms with E-state index in [-0.39, 0.29) is 44.9 Å². The minimum atomic E-state index is -2.02. The number of halogens is 2. The second-order valence-corrected chi connectivity index (χ2v) is 15.1. The van der Waals surface area contributed by atoms with Crippen LogP contribution in [0.4, 0.5) is 0 Å². The number of hydrogen-bond acceptors (Lipinski definition) is 5. The van der Waals surface area contributed by atoms with E-state index in [1.807, 2.05) is 4.57 Å². The molecule has 2 rings (SSSR count). The summed E-state index contributed by atoms with van der Waals surface area (Å²) in [6.07, 6.45) is 1.54. The maximum Gasteiger partial charge on any atom is 0.343 e. The number of aromatic nitrogens is 2. The Labute approximate surface area is 195 Å². The van der Waals surface area contributed by atoms with Gasteiger partial charge in [-0.1, -0.05) is 57.8 Å². The van der Waals surface area contributed by atoms with Gasteiger partial charge in [0.15, 0.2) is 8.32 Å². The molecule has 0 bridgehead atoms. The summed E-state index contributed by atoms with van der Waals surface area (Å²) in [6.45, 7) is 17.3. The number of nitrogens with zero attached hydrogens (tertiary/aromatic N) is 2. The van der Waals surface area contributed by atoms with Crippen LogP contribution in [0.5, 0.6) is 0 Å². The Kier molecular flexibility index (Phi) is 8.01. The van der Waals surface area contributed by atoms with Gasteiger partial charge >= 0.3 is 5.97 Å². The van der Waals surface area contributed by atoms with Crippen molar-refractivity contribution < 1.29 is 14.0 Å². The van der Waals surface area contributed by atoms with Crippen molar-refractivity contribution in [2.24, 2.45) is 5.92 Å². The molecule has 0 amide bonds. The average molecular weight is 488 g/mol. The second-order valence-electron chi connectivity index (χ2n) is 9.51. The fourth-order valence-electron chi connectivity index (χ4n) is 2.95. The van der Waals surface area contributed by atoms with E-state index < -0.39 is 19.7 Å². The molecule has 2 aromatic rings. The van der Waals surface area contributed by atoms with Gasteiger partial charge in [0, 0.05) is 6.20 Å². The van der Waals surface area contributed by atoms with Crippen molar-refractivity contribution in [1.29, 1.82) is 0 Å². The third-order valence-electron chi connectivity index (χ3n) is 5.96. The van der Waals surface area contributed by atoms with Gasteiger partial charge in [-0.15, -0.1) is 0 Å². The van der Waals surface area contributed by atoms with E-state index in [1.165, 1.54) is 6.20 Å². The van der Waals surface area contributed by atoms with Crippen LogP contribution in [0.3, 0.4) is 0 Å². The Morgan fingerprint density at radius 2 is 1.87 bits per heavy atom. The molecule has 0 radical (unpaired) electrons. The maximum absolute atomic E-state index is 13.0. The molecule has 0 unspecified atom stereocenters. The van der Waals surface area contributed by atoms with Gasteiger partial charge < -0.3 is 13.7 Å². The largest absolute Gasteiger partial charge is 0.462 e. The zero-order chi connectivity index (χ0) is 23.7. The minimum Gasteiger partial charge on any atom is -0.462 e. The number of pyridine rings is 2. The first kappa shape index (κ1) is 25.8. The number of hydrogen-bond donors (Lipinski definition) is 0. The van der Waals surface area contributed by atoms with Crippen molar-refractivity contribution in [3.63, 3.8) is 0 Å².